The van der Waals surface area contributed by atoms with Gasteiger partial charge in [0.15, 0.2) is 0 Å². The minimum atomic E-state index is -0.821. The van der Waals surface area contributed by atoms with Crippen LogP contribution in [0.15, 0.2) is 30.3 Å². The van der Waals surface area contributed by atoms with Gasteiger partial charge in [0.1, 0.15) is 0 Å². The van der Waals surface area contributed by atoms with Crippen LogP contribution in [0.25, 0.3) is 0 Å². The number of carbonyl (C=O) groups is 2. The van der Waals surface area contributed by atoms with Gasteiger partial charge in [-0.3, -0.25) is 9.59 Å². The van der Waals surface area contributed by atoms with Gasteiger partial charge in [0.2, 0.25) is 5.91 Å². The lowest BCUT2D eigenvalue weighted by Crippen LogP contribution is -2.36. The van der Waals surface area contributed by atoms with Crippen molar-refractivity contribution >= 4 is 11.9 Å². The molecule has 0 saturated heterocycles. The second kappa shape index (κ2) is 5.43. The first-order chi connectivity index (χ1) is 9.06. The van der Waals surface area contributed by atoms with Gasteiger partial charge < -0.3 is 10.4 Å². The zero-order chi connectivity index (χ0) is 13.9. The number of carbonyl (C=O) groups excluding carboxylic acids is 1. The van der Waals surface area contributed by atoms with Gasteiger partial charge in [-0.05, 0) is 24.8 Å². The smallest absolute Gasteiger partial charge is 0.306 e. The topological polar surface area (TPSA) is 66.4 Å². The van der Waals surface area contributed by atoms with Crippen molar-refractivity contribution in [2.24, 2.45) is 5.92 Å². The van der Waals surface area contributed by atoms with Crippen LogP contribution in [0.1, 0.15) is 31.7 Å². The third-order valence-corrected chi connectivity index (χ3v) is 3.80. The number of aliphatic carboxylic acids is 1. The standard InChI is InChI=1S/C15H19NO3/c1-11(13(17)18)7-10-16-14(19)15(8-9-15)12-5-3-2-4-6-12/h2-6,11H,7-10H2,1H3,(H,16,19)(H,17,18). The molecule has 102 valence electrons. The van der Waals surface area contributed by atoms with Gasteiger partial charge in [-0.2, -0.15) is 0 Å². The van der Waals surface area contributed by atoms with Crippen molar-refractivity contribution in [1.29, 1.82) is 0 Å². The average Bonchev–Trinajstić information content (AvgIpc) is 3.21. The summed E-state index contributed by atoms with van der Waals surface area (Å²) in [5, 5.41) is 11.7. The third-order valence-electron chi connectivity index (χ3n) is 3.80. The Hall–Kier alpha value is -1.84. The van der Waals surface area contributed by atoms with E-state index < -0.39 is 11.9 Å². The zero-order valence-electron chi connectivity index (χ0n) is 11.1. The van der Waals surface area contributed by atoms with E-state index in [-0.39, 0.29) is 11.3 Å². The second-order valence-corrected chi connectivity index (χ2v) is 5.23. The Bertz CT molecular complexity index is 466. The molecule has 1 aromatic carbocycles. The van der Waals surface area contributed by atoms with Gasteiger partial charge in [0.05, 0.1) is 11.3 Å². The van der Waals surface area contributed by atoms with Gasteiger partial charge in [-0.25, -0.2) is 0 Å². The predicted molar refractivity (Wildman–Crippen MR) is 71.8 cm³/mol. The quantitative estimate of drug-likeness (QED) is 0.822. The van der Waals surface area contributed by atoms with Crippen molar-refractivity contribution in [3.8, 4) is 0 Å². The Morgan fingerprint density at radius 3 is 2.47 bits per heavy atom. The molecule has 2 rings (SSSR count). The van der Waals surface area contributed by atoms with Crippen LogP contribution in [0.3, 0.4) is 0 Å². The van der Waals surface area contributed by atoms with Gasteiger partial charge >= 0.3 is 5.97 Å². The highest BCUT2D eigenvalue weighted by atomic mass is 16.4. The average molecular weight is 261 g/mol. The lowest BCUT2D eigenvalue weighted by atomic mass is 9.95. The lowest BCUT2D eigenvalue weighted by molar-refractivity contribution is -0.141. The van der Waals surface area contributed by atoms with Crippen molar-refractivity contribution in [3.63, 3.8) is 0 Å². The van der Waals surface area contributed by atoms with Crippen LogP contribution in [0.5, 0.6) is 0 Å². The molecule has 2 N–H and O–H groups in total. The van der Waals surface area contributed by atoms with Crippen LogP contribution in [-0.4, -0.2) is 23.5 Å². The molecule has 1 unspecified atom stereocenters. The number of carboxylic acid groups (broad SMARTS) is 1. The van der Waals surface area contributed by atoms with E-state index in [2.05, 4.69) is 5.32 Å². The number of rotatable bonds is 6. The van der Waals surface area contributed by atoms with Crippen LogP contribution >= 0.6 is 0 Å². The van der Waals surface area contributed by atoms with E-state index >= 15 is 0 Å². The molecule has 4 nitrogen and oxygen atoms in total. The molecule has 0 heterocycles. The summed E-state index contributed by atoms with van der Waals surface area (Å²) in [5.74, 6) is -1.22. The van der Waals surface area contributed by atoms with E-state index in [0.717, 1.165) is 18.4 Å². The minimum absolute atomic E-state index is 0.0243. The summed E-state index contributed by atoms with van der Waals surface area (Å²) < 4.78 is 0. The Labute approximate surface area is 112 Å². The highest BCUT2D eigenvalue weighted by Gasteiger charge is 2.50. The molecule has 0 radical (unpaired) electrons. The first-order valence-corrected chi connectivity index (χ1v) is 6.63. The van der Waals surface area contributed by atoms with E-state index in [4.69, 9.17) is 5.11 Å². The van der Waals surface area contributed by atoms with Crippen molar-refractivity contribution in [2.75, 3.05) is 6.54 Å². The molecule has 0 aliphatic heterocycles. The molecule has 1 aliphatic rings. The normalized spacial score (nSPS) is 17.5. The Morgan fingerprint density at radius 1 is 1.32 bits per heavy atom. The van der Waals surface area contributed by atoms with E-state index in [0.29, 0.717) is 13.0 Å². The molecule has 1 atom stereocenters. The largest absolute Gasteiger partial charge is 0.481 e. The van der Waals surface area contributed by atoms with Gasteiger partial charge in [0, 0.05) is 6.54 Å². The molecular formula is C15H19NO3. The summed E-state index contributed by atoms with van der Waals surface area (Å²) in [5.41, 5.74) is 0.687. The Kier molecular flexibility index (Phi) is 3.88. The fourth-order valence-electron chi connectivity index (χ4n) is 2.22. The second-order valence-electron chi connectivity index (χ2n) is 5.23. The highest BCUT2D eigenvalue weighted by Crippen LogP contribution is 2.48. The lowest BCUT2D eigenvalue weighted by Gasteiger charge is -2.16. The zero-order valence-corrected chi connectivity index (χ0v) is 11.1. The van der Waals surface area contributed by atoms with Crippen molar-refractivity contribution in [1.82, 2.24) is 5.32 Å². The Morgan fingerprint density at radius 2 is 1.95 bits per heavy atom. The molecule has 1 aliphatic carbocycles. The predicted octanol–water partition coefficient (Wildman–Crippen LogP) is 1.95. The molecule has 1 fully saturated rings. The van der Waals surface area contributed by atoms with E-state index in [1.807, 2.05) is 30.3 Å². The number of benzene rings is 1. The Balaban J connectivity index is 1.89. The van der Waals surface area contributed by atoms with E-state index in [1.54, 1.807) is 6.92 Å². The fourth-order valence-corrected chi connectivity index (χ4v) is 2.22. The molecular weight excluding hydrogens is 242 g/mol. The first-order valence-electron chi connectivity index (χ1n) is 6.63. The van der Waals surface area contributed by atoms with Gasteiger partial charge in [0.25, 0.3) is 0 Å². The third kappa shape index (κ3) is 2.95. The molecule has 0 aromatic heterocycles. The number of hydrogen-bond acceptors (Lipinski definition) is 2. The van der Waals surface area contributed by atoms with Crippen LogP contribution in [-0.2, 0) is 15.0 Å². The fraction of sp³-hybridized carbons (Fsp3) is 0.467. The molecule has 1 amide bonds. The highest BCUT2D eigenvalue weighted by molar-refractivity contribution is 5.91. The summed E-state index contributed by atoms with van der Waals surface area (Å²) >= 11 is 0. The molecule has 0 spiro atoms. The summed E-state index contributed by atoms with van der Waals surface area (Å²) in [6, 6.07) is 9.77. The molecule has 1 saturated carbocycles. The van der Waals surface area contributed by atoms with Crippen LogP contribution in [0.2, 0.25) is 0 Å². The number of amides is 1. The van der Waals surface area contributed by atoms with Crippen molar-refractivity contribution in [2.45, 2.75) is 31.6 Å². The summed E-state index contributed by atoms with van der Waals surface area (Å²) in [4.78, 5) is 22.9. The van der Waals surface area contributed by atoms with Crippen molar-refractivity contribution < 1.29 is 14.7 Å². The molecule has 4 heteroatoms. The number of nitrogens with one attached hydrogen (secondary N) is 1. The molecule has 1 aromatic rings. The van der Waals surface area contributed by atoms with Gasteiger partial charge in [-0.15, -0.1) is 0 Å². The molecule has 0 bridgehead atoms. The van der Waals surface area contributed by atoms with Crippen molar-refractivity contribution in [3.05, 3.63) is 35.9 Å². The SMILES string of the molecule is CC(CCNC(=O)C1(c2ccccc2)CC1)C(=O)O. The summed E-state index contributed by atoms with van der Waals surface area (Å²) in [6.45, 7) is 2.07. The van der Waals surface area contributed by atoms with Crippen LogP contribution < -0.4 is 5.32 Å². The van der Waals surface area contributed by atoms with Crippen LogP contribution in [0.4, 0.5) is 0 Å². The van der Waals surface area contributed by atoms with Crippen LogP contribution in [0, 0.1) is 5.92 Å². The maximum atomic E-state index is 12.2. The van der Waals surface area contributed by atoms with E-state index in [9.17, 15) is 9.59 Å². The summed E-state index contributed by atoms with van der Waals surface area (Å²) in [7, 11) is 0. The monoisotopic (exact) mass is 261 g/mol. The molecule has 19 heavy (non-hydrogen) atoms. The first kappa shape index (κ1) is 13.6. The maximum absolute atomic E-state index is 12.2. The van der Waals surface area contributed by atoms with E-state index in [1.165, 1.54) is 0 Å². The van der Waals surface area contributed by atoms with Gasteiger partial charge in [-0.1, -0.05) is 37.3 Å². The minimum Gasteiger partial charge on any atom is -0.481 e. The summed E-state index contributed by atoms with van der Waals surface area (Å²) in [6.07, 6.45) is 2.21. The maximum Gasteiger partial charge on any atom is 0.306 e. The number of hydrogen-bond donors (Lipinski definition) is 2. The number of carboxylic acids is 1.